The quantitative estimate of drug-likeness (QED) is 0.840. The molecule has 2 fully saturated rings. The van der Waals surface area contributed by atoms with E-state index in [1.54, 1.807) is 11.9 Å². The van der Waals surface area contributed by atoms with Crippen LogP contribution in [0.4, 0.5) is 0 Å². The third kappa shape index (κ3) is 3.08. The first-order valence-corrected chi connectivity index (χ1v) is 7.08. The molecule has 0 bridgehead atoms. The fraction of sp³-hybridized carbons (Fsp3) is 0.857. The molecule has 19 heavy (non-hydrogen) atoms. The van der Waals surface area contributed by atoms with Crippen molar-refractivity contribution in [2.75, 3.05) is 20.3 Å². The van der Waals surface area contributed by atoms with E-state index in [9.17, 15) is 9.59 Å². The molecule has 2 aliphatic rings. The van der Waals surface area contributed by atoms with E-state index in [-0.39, 0.29) is 24.5 Å². The molecule has 0 aromatic rings. The first-order chi connectivity index (χ1) is 9.00. The number of hydrogen-bond acceptors (Lipinski definition) is 3. The average Bonchev–Trinajstić information content (AvgIpc) is 2.87. The van der Waals surface area contributed by atoms with Crippen LogP contribution in [0.15, 0.2) is 0 Å². The Morgan fingerprint density at radius 2 is 1.79 bits per heavy atom. The van der Waals surface area contributed by atoms with Gasteiger partial charge < -0.3 is 14.7 Å². The van der Waals surface area contributed by atoms with E-state index >= 15 is 0 Å². The minimum absolute atomic E-state index is 0.0660. The zero-order chi connectivity index (χ0) is 14.0. The number of aliphatic carboxylic acids is 1. The summed E-state index contributed by atoms with van der Waals surface area (Å²) in [4.78, 5) is 25.2. The highest BCUT2D eigenvalue weighted by Crippen LogP contribution is 2.31. The summed E-state index contributed by atoms with van der Waals surface area (Å²) in [6.45, 7) is 2.76. The molecule has 1 saturated heterocycles. The Kier molecular flexibility index (Phi) is 4.45. The van der Waals surface area contributed by atoms with Crippen LogP contribution in [-0.2, 0) is 14.3 Å². The van der Waals surface area contributed by atoms with Crippen LogP contribution in [0.2, 0.25) is 0 Å². The number of nitrogens with zero attached hydrogens (tertiary/aromatic N) is 1. The second-order valence-electron chi connectivity index (χ2n) is 5.96. The van der Waals surface area contributed by atoms with Gasteiger partial charge in [-0.25, -0.2) is 0 Å². The lowest BCUT2D eigenvalue weighted by Crippen LogP contribution is -2.46. The first-order valence-electron chi connectivity index (χ1n) is 7.08. The van der Waals surface area contributed by atoms with Crippen molar-refractivity contribution in [3.8, 4) is 0 Å². The Labute approximate surface area is 113 Å². The summed E-state index contributed by atoms with van der Waals surface area (Å²) in [6, 6.07) is -0.315. The van der Waals surface area contributed by atoms with E-state index in [0.717, 1.165) is 25.7 Å². The number of carbonyl (C=O) groups is 2. The minimum atomic E-state index is -0.876. The molecule has 5 heteroatoms. The lowest BCUT2D eigenvalue weighted by molar-refractivity contribution is -0.145. The summed E-state index contributed by atoms with van der Waals surface area (Å²) in [5.41, 5.74) is 0. The van der Waals surface area contributed by atoms with Gasteiger partial charge in [0.15, 0.2) is 0 Å². The molecule has 1 aliphatic heterocycles. The number of ether oxygens (including phenoxy) is 1. The SMILES string of the molecule is CC1CCC(C(=O)N(C)C2COCC2C(=O)O)CC1. The predicted molar refractivity (Wildman–Crippen MR) is 69.6 cm³/mol. The standard InChI is InChI=1S/C14H23NO4/c1-9-3-5-10(6-4-9)13(16)15(2)12-8-19-7-11(12)14(17)18/h9-12H,3-8H2,1-2H3,(H,17,18). The van der Waals surface area contributed by atoms with Gasteiger partial charge in [-0.2, -0.15) is 0 Å². The van der Waals surface area contributed by atoms with Gasteiger partial charge in [0.25, 0.3) is 0 Å². The lowest BCUT2D eigenvalue weighted by Gasteiger charge is -2.32. The monoisotopic (exact) mass is 269 g/mol. The number of rotatable bonds is 3. The largest absolute Gasteiger partial charge is 0.481 e. The lowest BCUT2D eigenvalue weighted by atomic mass is 9.82. The van der Waals surface area contributed by atoms with Gasteiger partial charge in [0.05, 0.1) is 19.3 Å². The van der Waals surface area contributed by atoms with Crippen molar-refractivity contribution in [2.45, 2.75) is 38.6 Å². The number of amides is 1. The second-order valence-corrected chi connectivity index (χ2v) is 5.96. The van der Waals surface area contributed by atoms with Crippen LogP contribution in [-0.4, -0.2) is 48.2 Å². The Bertz CT molecular complexity index is 349. The van der Waals surface area contributed by atoms with Crippen LogP contribution in [0.1, 0.15) is 32.6 Å². The molecule has 2 rings (SSSR count). The van der Waals surface area contributed by atoms with Crippen LogP contribution >= 0.6 is 0 Å². The van der Waals surface area contributed by atoms with Gasteiger partial charge >= 0.3 is 5.97 Å². The summed E-state index contributed by atoms with van der Waals surface area (Å²) in [5.74, 6) is -0.600. The molecule has 1 saturated carbocycles. The van der Waals surface area contributed by atoms with Gasteiger partial charge in [0.2, 0.25) is 5.91 Å². The molecule has 1 heterocycles. The molecule has 2 atom stereocenters. The van der Waals surface area contributed by atoms with Crippen LogP contribution < -0.4 is 0 Å². The molecule has 2 unspecified atom stereocenters. The fourth-order valence-electron chi connectivity index (χ4n) is 3.12. The number of carbonyl (C=O) groups excluding carboxylic acids is 1. The van der Waals surface area contributed by atoms with Gasteiger partial charge in [-0.05, 0) is 31.6 Å². The molecular formula is C14H23NO4. The van der Waals surface area contributed by atoms with Crippen molar-refractivity contribution in [1.82, 2.24) is 4.90 Å². The van der Waals surface area contributed by atoms with Gasteiger partial charge in [0, 0.05) is 13.0 Å². The molecule has 1 amide bonds. The molecule has 108 valence electrons. The second kappa shape index (κ2) is 5.90. The third-order valence-electron chi connectivity index (χ3n) is 4.58. The summed E-state index contributed by atoms with van der Waals surface area (Å²) >= 11 is 0. The van der Waals surface area contributed by atoms with Crippen molar-refractivity contribution >= 4 is 11.9 Å². The van der Waals surface area contributed by atoms with E-state index in [4.69, 9.17) is 9.84 Å². The van der Waals surface area contributed by atoms with Crippen molar-refractivity contribution < 1.29 is 19.4 Å². The van der Waals surface area contributed by atoms with Crippen LogP contribution in [0.25, 0.3) is 0 Å². The first kappa shape index (κ1) is 14.3. The van der Waals surface area contributed by atoms with Crippen molar-refractivity contribution in [3.05, 3.63) is 0 Å². The third-order valence-corrected chi connectivity index (χ3v) is 4.58. The summed E-state index contributed by atoms with van der Waals surface area (Å²) < 4.78 is 5.23. The normalized spacial score (nSPS) is 35.1. The van der Waals surface area contributed by atoms with Crippen LogP contribution in [0.3, 0.4) is 0 Å². The number of carboxylic acids is 1. The van der Waals surface area contributed by atoms with Crippen LogP contribution in [0, 0.1) is 17.8 Å². The smallest absolute Gasteiger partial charge is 0.311 e. The van der Waals surface area contributed by atoms with Crippen LogP contribution in [0.5, 0.6) is 0 Å². The molecule has 0 spiro atoms. The summed E-state index contributed by atoms with van der Waals surface area (Å²) in [7, 11) is 1.72. The highest BCUT2D eigenvalue weighted by molar-refractivity contribution is 5.80. The average molecular weight is 269 g/mol. The zero-order valence-corrected chi connectivity index (χ0v) is 11.7. The zero-order valence-electron chi connectivity index (χ0n) is 11.7. The van der Waals surface area contributed by atoms with Crippen molar-refractivity contribution in [1.29, 1.82) is 0 Å². The molecule has 5 nitrogen and oxygen atoms in total. The molecule has 0 aromatic heterocycles. The fourth-order valence-corrected chi connectivity index (χ4v) is 3.12. The number of likely N-dealkylation sites (N-methyl/N-ethyl adjacent to an activating group) is 1. The highest BCUT2D eigenvalue weighted by atomic mass is 16.5. The van der Waals surface area contributed by atoms with E-state index in [1.165, 1.54) is 0 Å². The molecule has 0 aromatic carbocycles. The Morgan fingerprint density at radius 3 is 2.37 bits per heavy atom. The van der Waals surface area contributed by atoms with Crippen molar-refractivity contribution in [3.63, 3.8) is 0 Å². The van der Waals surface area contributed by atoms with Gasteiger partial charge in [-0.3, -0.25) is 9.59 Å². The van der Waals surface area contributed by atoms with Gasteiger partial charge in [0.1, 0.15) is 5.92 Å². The molecular weight excluding hydrogens is 246 g/mol. The van der Waals surface area contributed by atoms with Crippen molar-refractivity contribution in [2.24, 2.45) is 17.8 Å². The Balaban J connectivity index is 1.96. The van der Waals surface area contributed by atoms with E-state index in [1.807, 2.05) is 0 Å². The maximum absolute atomic E-state index is 12.4. The Hall–Kier alpha value is -1.10. The summed E-state index contributed by atoms with van der Waals surface area (Å²) in [6.07, 6.45) is 4.03. The van der Waals surface area contributed by atoms with E-state index in [0.29, 0.717) is 12.5 Å². The summed E-state index contributed by atoms with van der Waals surface area (Å²) in [5, 5.41) is 9.14. The molecule has 1 N–H and O–H groups in total. The number of hydrogen-bond donors (Lipinski definition) is 1. The molecule has 1 aliphatic carbocycles. The maximum Gasteiger partial charge on any atom is 0.311 e. The minimum Gasteiger partial charge on any atom is -0.481 e. The topological polar surface area (TPSA) is 66.8 Å². The van der Waals surface area contributed by atoms with Gasteiger partial charge in [-0.15, -0.1) is 0 Å². The van der Waals surface area contributed by atoms with E-state index < -0.39 is 11.9 Å². The maximum atomic E-state index is 12.4. The van der Waals surface area contributed by atoms with E-state index in [2.05, 4.69) is 6.92 Å². The predicted octanol–water partition coefficient (Wildman–Crippen LogP) is 1.37. The number of carboxylic acid groups (broad SMARTS) is 1. The highest BCUT2D eigenvalue weighted by Gasteiger charge is 2.40. The molecule has 0 radical (unpaired) electrons. The Morgan fingerprint density at radius 1 is 1.16 bits per heavy atom. The van der Waals surface area contributed by atoms with Gasteiger partial charge in [-0.1, -0.05) is 6.92 Å².